The Bertz CT molecular complexity index is 678. The van der Waals surface area contributed by atoms with E-state index in [-0.39, 0.29) is 0 Å². The van der Waals surface area contributed by atoms with Crippen molar-refractivity contribution in [1.82, 2.24) is 4.98 Å². The van der Waals surface area contributed by atoms with Gasteiger partial charge in [-0.1, -0.05) is 54.1 Å². The first-order valence-electron chi connectivity index (χ1n) is 6.87. The maximum Gasteiger partial charge on any atom is 0.284 e. The number of halogens is 1. The molecule has 3 rings (SSSR count). The molecule has 4 heteroatoms. The van der Waals surface area contributed by atoms with Gasteiger partial charge in [-0.3, -0.25) is 0 Å². The summed E-state index contributed by atoms with van der Waals surface area (Å²) < 4.78 is 11.8. The maximum atomic E-state index is 5.97. The third-order valence-electron chi connectivity index (χ3n) is 2.95. The van der Waals surface area contributed by atoms with E-state index in [0.717, 1.165) is 0 Å². The number of nitrogens with zero attached hydrogens (tertiary/aromatic N) is 1. The van der Waals surface area contributed by atoms with Gasteiger partial charge in [0.2, 0.25) is 0 Å². The van der Waals surface area contributed by atoms with Crippen molar-refractivity contribution in [2.45, 2.75) is 6.29 Å². The van der Waals surface area contributed by atoms with Gasteiger partial charge in [0.15, 0.2) is 0 Å². The highest BCUT2D eigenvalue weighted by Crippen LogP contribution is 2.25. The summed E-state index contributed by atoms with van der Waals surface area (Å²) in [5.41, 5.74) is 0.611. The van der Waals surface area contributed by atoms with Crippen LogP contribution in [0, 0.1) is 0 Å². The van der Waals surface area contributed by atoms with Crippen LogP contribution in [0.1, 0.15) is 12.0 Å². The fourth-order valence-corrected chi connectivity index (χ4v) is 2.12. The summed E-state index contributed by atoms with van der Waals surface area (Å²) in [6, 6.07) is 24.3. The lowest BCUT2D eigenvalue weighted by Crippen LogP contribution is -2.16. The fourth-order valence-electron chi connectivity index (χ4n) is 1.95. The normalized spacial score (nSPS) is 10.5. The molecule has 0 aliphatic carbocycles. The predicted molar refractivity (Wildman–Crippen MR) is 86.1 cm³/mol. The van der Waals surface area contributed by atoms with E-state index in [2.05, 4.69) is 4.98 Å². The molecular weight excluding hydrogens is 298 g/mol. The van der Waals surface area contributed by atoms with Crippen LogP contribution < -0.4 is 9.47 Å². The zero-order chi connectivity index (χ0) is 15.2. The molecule has 0 radical (unpaired) electrons. The number of hydrogen-bond acceptors (Lipinski definition) is 3. The molecule has 22 heavy (non-hydrogen) atoms. The molecule has 3 aromatic rings. The largest absolute Gasteiger partial charge is 0.449 e. The molecule has 0 N–H and O–H groups in total. The monoisotopic (exact) mass is 311 g/mol. The molecule has 0 amide bonds. The van der Waals surface area contributed by atoms with Crippen LogP contribution in [0.5, 0.6) is 11.5 Å². The molecule has 0 unspecified atom stereocenters. The minimum Gasteiger partial charge on any atom is -0.449 e. The fraction of sp³-hybridized carbons (Fsp3) is 0.0556. The van der Waals surface area contributed by atoms with Crippen molar-refractivity contribution in [3.63, 3.8) is 0 Å². The van der Waals surface area contributed by atoms with Crippen molar-refractivity contribution in [3.8, 4) is 11.5 Å². The molecule has 3 nitrogen and oxygen atoms in total. The van der Waals surface area contributed by atoms with Gasteiger partial charge < -0.3 is 9.47 Å². The van der Waals surface area contributed by atoms with E-state index in [0.29, 0.717) is 22.3 Å². The second-order valence-electron chi connectivity index (χ2n) is 4.58. The number of benzene rings is 2. The van der Waals surface area contributed by atoms with Crippen LogP contribution in [0.2, 0.25) is 5.15 Å². The summed E-state index contributed by atoms with van der Waals surface area (Å²) in [6.07, 6.45) is -0.677. The molecule has 0 aliphatic heterocycles. The Morgan fingerprint density at radius 2 is 1.23 bits per heavy atom. The van der Waals surface area contributed by atoms with Crippen molar-refractivity contribution < 1.29 is 9.47 Å². The van der Waals surface area contributed by atoms with Gasteiger partial charge in [-0.05, 0) is 36.4 Å². The Balaban J connectivity index is 1.88. The van der Waals surface area contributed by atoms with E-state index in [1.165, 1.54) is 0 Å². The van der Waals surface area contributed by atoms with Gasteiger partial charge in [-0.25, -0.2) is 4.98 Å². The molecule has 0 spiro atoms. The molecular formula is C18H14ClNO2. The van der Waals surface area contributed by atoms with Gasteiger partial charge >= 0.3 is 0 Å². The molecule has 0 saturated heterocycles. The van der Waals surface area contributed by atoms with Gasteiger partial charge in [0, 0.05) is 0 Å². The quantitative estimate of drug-likeness (QED) is 0.496. The summed E-state index contributed by atoms with van der Waals surface area (Å²) in [6.45, 7) is 0. The van der Waals surface area contributed by atoms with Crippen molar-refractivity contribution in [1.29, 1.82) is 0 Å². The summed E-state index contributed by atoms with van der Waals surface area (Å²) >= 11 is 5.97. The van der Waals surface area contributed by atoms with E-state index in [1.807, 2.05) is 72.8 Å². The second kappa shape index (κ2) is 6.96. The summed E-state index contributed by atoms with van der Waals surface area (Å²) in [5.74, 6) is 1.40. The minimum atomic E-state index is -0.677. The molecule has 0 saturated carbocycles. The van der Waals surface area contributed by atoms with Crippen LogP contribution >= 0.6 is 11.6 Å². The summed E-state index contributed by atoms with van der Waals surface area (Å²) in [4.78, 5) is 4.28. The number of pyridine rings is 1. The molecule has 0 fully saturated rings. The standard InChI is InChI=1S/C18H14ClNO2/c19-17-13-7-12-16(20-17)18(21-14-8-3-1-4-9-14)22-15-10-5-2-6-11-15/h1-13,18H. The molecule has 1 heterocycles. The van der Waals surface area contributed by atoms with E-state index < -0.39 is 6.29 Å². The van der Waals surface area contributed by atoms with Gasteiger partial charge in [-0.15, -0.1) is 0 Å². The van der Waals surface area contributed by atoms with Gasteiger partial charge in [0.1, 0.15) is 22.3 Å². The van der Waals surface area contributed by atoms with Crippen LogP contribution in [0.4, 0.5) is 0 Å². The van der Waals surface area contributed by atoms with Gasteiger partial charge in [0.05, 0.1) is 0 Å². The van der Waals surface area contributed by atoms with E-state index in [9.17, 15) is 0 Å². The molecule has 110 valence electrons. The third-order valence-corrected chi connectivity index (χ3v) is 3.16. The number of rotatable bonds is 5. The van der Waals surface area contributed by atoms with E-state index >= 15 is 0 Å². The number of aromatic nitrogens is 1. The number of ether oxygens (including phenoxy) is 2. The lowest BCUT2D eigenvalue weighted by molar-refractivity contribution is 0.000349. The van der Waals surface area contributed by atoms with Crippen LogP contribution in [-0.2, 0) is 0 Å². The molecule has 0 aliphatic rings. The highest BCUT2D eigenvalue weighted by molar-refractivity contribution is 6.29. The Labute approximate surface area is 134 Å². The number of hydrogen-bond donors (Lipinski definition) is 0. The Hall–Kier alpha value is -2.52. The highest BCUT2D eigenvalue weighted by Gasteiger charge is 2.17. The maximum absolute atomic E-state index is 5.97. The summed E-state index contributed by atoms with van der Waals surface area (Å²) in [7, 11) is 0. The van der Waals surface area contributed by atoms with Crippen molar-refractivity contribution in [3.05, 3.63) is 89.7 Å². The minimum absolute atomic E-state index is 0.399. The Morgan fingerprint density at radius 3 is 1.73 bits per heavy atom. The molecule has 0 bridgehead atoms. The van der Waals surface area contributed by atoms with Crippen LogP contribution in [0.25, 0.3) is 0 Å². The zero-order valence-corrected chi connectivity index (χ0v) is 12.5. The first-order chi connectivity index (χ1) is 10.8. The Morgan fingerprint density at radius 1 is 0.682 bits per heavy atom. The Kier molecular flexibility index (Phi) is 4.56. The first kappa shape index (κ1) is 14.4. The average molecular weight is 312 g/mol. The molecule has 0 atom stereocenters. The SMILES string of the molecule is Clc1cccc(C(Oc2ccccc2)Oc2ccccc2)n1. The van der Waals surface area contributed by atoms with Gasteiger partial charge in [0.25, 0.3) is 6.29 Å². The lowest BCUT2D eigenvalue weighted by Gasteiger charge is -2.20. The third kappa shape index (κ3) is 3.77. The van der Waals surface area contributed by atoms with Gasteiger partial charge in [-0.2, -0.15) is 0 Å². The number of para-hydroxylation sites is 2. The lowest BCUT2D eigenvalue weighted by atomic mass is 10.3. The topological polar surface area (TPSA) is 31.4 Å². The smallest absolute Gasteiger partial charge is 0.284 e. The average Bonchev–Trinajstić information content (AvgIpc) is 2.56. The first-order valence-corrected chi connectivity index (χ1v) is 7.25. The van der Waals surface area contributed by atoms with Crippen LogP contribution in [-0.4, -0.2) is 4.98 Å². The molecule has 2 aromatic carbocycles. The van der Waals surface area contributed by atoms with Crippen molar-refractivity contribution >= 4 is 11.6 Å². The molecule has 1 aromatic heterocycles. The van der Waals surface area contributed by atoms with Crippen molar-refractivity contribution in [2.75, 3.05) is 0 Å². The van der Waals surface area contributed by atoms with E-state index in [4.69, 9.17) is 21.1 Å². The second-order valence-corrected chi connectivity index (χ2v) is 4.97. The predicted octanol–water partition coefficient (Wildman–Crippen LogP) is 4.89. The highest BCUT2D eigenvalue weighted by atomic mass is 35.5. The zero-order valence-electron chi connectivity index (χ0n) is 11.7. The van der Waals surface area contributed by atoms with Crippen LogP contribution in [0.15, 0.2) is 78.9 Å². The van der Waals surface area contributed by atoms with E-state index in [1.54, 1.807) is 6.07 Å². The van der Waals surface area contributed by atoms with Crippen LogP contribution in [0.3, 0.4) is 0 Å². The van der Waals surface area contributed by atoms with Crippen molar-refractivity contribution in [2.24, 2.45) is 0 Å². The summed E-state index contributed by atoms with van der Waals surface area (Å²) in [5, 5.41) is 0.399.